The zero-order valence-electron chi connectivity index (χ0n) is 18.7. The lowest BCUT2D eigenvalue weighted by Gasteiger charge is -2.12. The van der Waals surface area contributed by atoms with Gasteiger partial charge in [-0.25, -0.2) is 4.98 Å². The molecule has 6 aromatic rings. The van der Waals surface area contributed by atoms with Crippen LogP contribution in [0.2, 0.25) is 0 Å². The molecule has 3 aromatic heterocycles. The third-order valence-corrected chi connectivity index (χ3v) is 5.93. The summed E-state index contributed by atoms with van der Waals surface area (Å²) in [6, 6.07) is 18.3. The Balaban J connectivity index is 1.80. The standard InChI is InChI=1S/C26H19N3O5/c1-31-15-9-10-16-20(13-15)34-26-22(23(16)30)25-27-17-6-4-5-7-18(17)29(25)24(28-26)14-8-11-19(32-2)21(12-14)33-3/h4-13H,1-3H3. The van der Waals surface area contributed by atoms with Crippen molar-refractivity contribution in [2.45, 2.75) is 0 Å². The summed E-state index contributed by atoms with van der Waals surface area (Å²) in [5.41, 5.74) is 3.18. The molecule has 168 valence electrons. The first-order valence-corrected chi connectivity index (χ1v) is 10.6. The van der Waals surface area contributed by atoms with Crippen molar-refractivity contribution in [3.8, 4) is 28.6 Å². The highest BCUT2D eigenvalue weighted by Gasteiger charge is 2.21. The highest BCUT2D eigenvalue weighted by atomic mass is 16.5. The van der Waals surface area contributed by atoms with Crippen LogP contribution in [0.1, 0.15) is 0 Å². The van der Waals surface area contributed by atoms with E-state index in [4.69, 9.17) is 28.6 Å². The van der Waals surface area contributed by atoms with Gasteiger partial charge >= 0.3 is 0 Å². The van der Waals surface area contributed by atoms with Gasteiger partial charge in [0.1, 0.15) is 22.5 Å². The maximum absolute atomic E-state index is 13.6. The minimum Gasteiger partial charge on any atom is -0.497 e. The molecule has 0 saturated carbocycles. The molecule has 0 unspecified atom stereocenters. The molecule has 0 aliphatic heterocycles. The average Bonchev–Trinajstić information content (AvgIpc) is 3.26. The fourth-order valence-electron chi connectivity index (χ4n) is 4.29. The molecule has 0 bridgehead atoms. The van der Waals surface area contributed by atoms with Crippen molar-refractivity contribution in [3.63, 3.8) is 0 Å². The number of aromatic nitrogens is 3. The van der Waals surface area contributed by atoms with Gasteiger partial charge in [0.15, 0.2) is 17.1 Å². The Labute approximate surface area is 192 Å². The summed E-state index contributed by atoms with van der Waals surface area (Å²) in [5.74, 6) is 2.30. The van der Waals surface area contributed by atoms with E-state index in [0.717, 1.165) is 16.6 Å². The van der Waals surface area contributed by atoms with Crippen LogP contribution in [0.25, 0.3) is 50.1 Å². The number of hydrogen-bond acceptors (Lipinski definition) is 7. The first-order valence-electron chi connectivity index (χ1n) is 10.6. The Morgan fingerprint density at radius 1 is 0.853 bits per heavy atom. The van der Waals surface area contributed by atoms with E-state index in [1.807, 2.05) is 46.9 Å². The topological polar surface area (TPSA) is 88.1 Å². The van der Waals surface area contributed by atoms with Crippen LogP contribution < -0.4 is 19.6 Å². The second-order valence-corrected chi connectivity index (χ2v) is 7.74. The number of rotatable bonds is 4. The molecule has 0 spiro atoms. The fourth-order valence-corrected chi connectivity index (χ4v) is 4.29. The molecule has 0 saturated heterocycles. The van der Waals surface area contributed by atoms with Gasteiger partial charge in [-0.2, -0.15) is 4.98 Å². The van der Waals surface area contributed by atoms with E-state index in [1.54, 1.807) is 39.5 Å². The maximum atomic E-state index is 13.6. The minimum atomic E-state index is -0.203. The lowest BCUT2D eigenvalue weighted by molar-refractivity contribution is 0.355. The fraction of sp³-hybridized carbons (Fsp3) is 0.115. The lowest BCUT2D eigenvalue weighted by Crippen LogP contribution is -2.08. The van der Waals surface area contributed by atoms with E-state index >= 15 is 0 Å². The smallest absolute Gasteiger partial charge is 0.236 e. The Morgan fingerprint density at radius 3 is 2.47 bits per heavy atom. The van der Waals surface area contributed by atoms with Crippen molar-refractivity contribution >= 4 is 38.7 Å². The molecule has 0 aliphatic rings. The van der Waals surface area contributed by atoms with Crippen LogP contribution in [0.15, 0.2) is 69.9 Å². The quantitative estimate of drug-likeness (QED) is 0.353. The molecule has 0 atom stereocenters. The summed E-state index contributed by atoms with van der Waals surface area (Å²) in [6.07, 6.45) is 0. The van der Waals surface area contributed by atoms with Crippen molar-refractivity contribution in [1.82, 2.24) is 14.4 Å². The Bertz CT molecular complexity index is 1800. The van der Waals surface area contributed by atoms with E-state index in [1.165, 1.54) is 0 Å². The van der Waals surface area contributed by atoms with Gasteiger partial charge in [-0.15, -0.1) is 0 Å². The van der Waals surface area contributed by atoms with Crippen LogP contribution >= 0.6 is 0 Å². The number of benzene rings is 3. The zero-order chi connectivity index (χ0) is 23.4. The first kappa shape index (κ1) is 20.0. The number of imidazole rings is 1. The number of methoxy groups -OCH3 is 3. The van der Waals surface area contributed by atoms with Crippen molar-refractivity contribution < 1.29 is 18.6 Å². The molecule has 8 nitrogen and oxygen atoms in total. The average molecular weight is 453 g/mol. The molecular weight excluding hydrogens is 434 g/mol. The van der Waals surface area contributed by atoms with Crippen LogP contribution in [0, 0.1) is 0 Å². The second kappa shape index (κ2) is 7.48. The Kier molecular flexibility index (Phi) is 4.41. The predicted octanol–water partition coefficient (Wildman–Crippen LogP) is 4.83. The zero-order valence-corrected chi connectivity index (χ0v) is 18.7. The van der Waals surface area contributed by atoms with Gasteiger partial charge < -0.3 is 18.6 Å². The van der Waals surface area contributed by atoms with E-state index in [0.29, 0.717) is 45.1 Å². The van der Waals surface area contributed by atoms with Crippen molar-refractivity contribution in [2.75, 3.05) is 21.3 Å². The molecule has 34 heavy (non-hydrogen) atoms. The van der Waals surface area contributed by atoms with Crippen molar-refractivity contribution in [1.29, 1.82) is 0 Å². The summed E-state index contributed by atoms with van der Waals surface area (Å²) in [7, 11) is 4.73. The van der Waals surface area contributed by atoms with Gasteiger partial charge in [0, 0.05) is 11.6 Å². The summed E-state index contributed by atoms with van der Waals surface area (Å²) < 4.78 is 24.2. The molecule has 6 rings (SSSR count). The normalized spacial score (nSPS) is 11.5. The SMILES string of the molecule is COc1ccc2c(=O)c3c(nc(-c4ccc(OC)c(OC)c4)n4c5ccccc5nc34)oc2c1. The number of hydrogen-bond donors (Lipinski definition) is 0. The Hall–Kier alpha value is -4.59. The van der Waals surface area contributed by atoms with E-state index in [-0.39, 0.29) is 11.1 Å². The highest BCUT2D eigenvalue weighted by molar-refractivity contribution is 6.00. The molecule has 0 fully saturated rings. The predicted molar refractivity (Wildman–Crippen MR) is 129 cm³/mol. The van der Waals surface area contributed by atoms with Gasteiger partial charge in [0.05, 0.1) is 37.7 Å². The van der Waals surface area contributed by atoms with Crippen molar-refractivity contribution in [2.24, 2.45) is 0 Å². The molecule has 0 aliphatic carbocycles. The first-order chi connectivity index (χ1) is 16.6. The molecule has 0 amide bonds. The molecular formula is C26H19N3O5. The molecule has 3 heterocycles. The van der Waals surface area contributed by atoms with Gasteiger partial charge in [-0.3, -0.25) is 9.20 Å². The van der Waals surface area contributed by atoms with Gasteiger partial charge in [-0.05, 0) is 42.5 Å². The van der Waals surface area contributed by atoms with Gasteiger partial charge in [-0.1, -0.05) is 12.1 Å². The highest BCUT2D eigenvalue weighted by Crippen LogP contribution is 2.35. The number of para-hydroxylation sites is 2. The van der Waals surface area contributed by atoms with Crippen molar-refractivity contribution in [3.05, 3.63) is 70.9 Å². The monoisotopic (exact) mass is 453 g/mol. The molecule has 3 aromatic carbocycles. The van der Waals surface area contributed by atoms with Crippen LogP contribution in [0.5, 0.6) is 17.2 Å². The Morgan fingerprint density at radius 2 is 1.68 bits per heavy atom. The van der Waals surface area contributed by atoms with Crippen LogP contribution in [0.3, 0.4) is 0 Å². The maximum Gasteiger partial charge on any atom is 0.236 e. The van der Waals surface area contributed by atoms with E-state index in [2.05, 4.69) is 0 Å². The van der Waals surface area contributed by atoms with Gasteiger partial charge in [0.25, 0.3) is 0 Å². The third-order valence-electron chi connectivity index (χ3n) is 5.93. The summed E-state index contributed by atoms with van der Waals surface area (Å²) in [4.78, 5) is 23.2. The van der Waals surface area contributed by atoms with Crippen LogP contribution in [-0.4, -0.2) is 35.7 Å². The van der Waals surface area contributed by atoms with Gasteiger partial charge in [0.2, 0.25) is 11.1 Å². The molecule has 8 heteroatoms. The number of ether oxygens (including phenoxy) is 3. The summed E-state index contributed by atoms with van der Waals surface area (Å²) >= 11 is 0. The second-order valence-electron chi connectivity index (χ2n) is 7.74. The largest absolute Gasteiger partial charge is 0.497 e. The third kappa shape index (κ3) is 2.82. The lowest BCUT2D eigenvalue weighted by atomic mass is 10.1. The molecule has 0 radical (unpaired) electrons. The van der Waals surface area contributed by atoms with Crippen LogP contribution in [0.4, 0.5) is 0 Å². The van der Waals surface area contributed by atoms with Crippen LogP contribution in [-0.2, 0) is 0 Å². The summed E-state index contributed by atoms with van der Waals surface area (Å²) in [5, 5.41) is 0.751. The number of fused-ring (bicyclic) bond motifs is 6. The van der Waals surface area contributed by atoms with E-state index < -0.39 is 0 Å². The van der Waals surface area contributed by atoms with E-state index in [9.17, 15) is 4.79 Å². The number of nitrogens with zero attached hydrogens (tertiary/aromatic N) is 3. The summed E-state index contributed by atoms with van der Waals surface area (Å²) in [6.45, 7) is 0. The molecule has 0 N–H and O–H groups in total. The minimum absolute atomic E-state index is 0.193.